The van der Waals surface area contributed by atoms with Crippen LogP contribution in [0.15, 0.2) is 30.6 Å². The fourth-order valence-corrected chi connectivity index (χ4v) is 2.25. The summed E-state index contributed by atoms with van der Waals surface area (Å²) in [5, 5.41) is 6.72. The van der Waals surface area contributed by atoms with Gasteiger partial charge in [-0.1, -0.05) is 6.07 Å². The van der Waals surface area contributed by atoms with Crippen LogP contribution in [0.3, 0.4) is 0 Å². The fourth-order valence-electron chi connectivity index (χ4n) is 2.25. The molecular weight excluding hydrogens is 326 g/mol. The highest BCUT2D eigenvalue weighted by Gasteiger charge is 2.18. The lowest BCUT2D eigenvalue weighted by molar-refractivity contribution is -0.142. The maximum Gasteiger partial charge on any atom is 0.328 e. The molecule has 0 aliphatic rings. The Kier molecular flexibility index (Phi) is 5.99. The van der Waals surface area contributed by atoms with Crippen molar-refractivity contribution < 1.29 is 23.8 Å². The van der Waals surface area contributed by atoms with E-state index in [1.54, 1.807) is 32.0 Å². The topological polar surface area (TPSA) is 91.7 Å². The highest BCUT2D eigenvalue weighted by atomic mass is 16.5. The van der Waals surface area contributed by atoms with Gasteiger partial charge in [-0.3, -0.25) is 9.48 Å². The lowest BCUT2D eigenvalue weighted by Gasteiger charge is -2.10. The van der Waals surface area contributed by atoms with Gasteiger partial charge in [-0.15, -0.1) is 0 Å². The minimum Gasteiger partial charge on any atom is -0.493 e. The van der Waals surface area contributed by atoms with Gasteiger partial charge in [-0.05, 0) is 24.6 Å². The molecule has 0 fully saturated rings. The molecule has 0 bridgehead atoms. The van der Waals surface area contributed by atoms with Crippen LogP contribution in [0.25, 0.3) is 0 Å². The molecular formula is C17H21N3O5. The van der Waals surface area contributed by atoms with Crippen molar-refractivity contribution in [3.05, 3.63) is 41.7 Å². The second-order valence-corrected chi connectivity index (χ2v) is 5.33. The molecule has 25 heavy (non-hydrogen) atoms. The number of nitrogens with zero attached hydrogens (tertiary/aromatic N) is 2. The van der Waals surface area contributed by atoms with E-state index in [4.69, 9.17) is 9.47 Å². The zero-order valence-electron chi connectivity index (χ0n) is 14.6. The Balaban J connectivity index is 2.06. The summed E-state index contributed by atoms with van der Waals surface area (Å²) < 4.78 is 16.7. The fraction of sp³-hybridized carbons (Fsp3) is 0.353. The van der Waals surface area contributed by atoms with E-state index >= 15 is 0 Å². The van der Waals surface area contributed by atoms with Gasteiger partial charge in [0.2, 0.25) is 0 Å². The molecule has 1 amide bonds. The van der Waals surface area contributed by atoms with Gasteiger partial charge in [0.1, 0.15) is 6.04 Å². The Morgan fingerprint density at radius 2 is 1.92 bits per heavy atom. The van der Waals surface area contributed by atoms with E-state index in [1.165, 1.54) is 13.3 Å². The second kappa shape index (κ2) is 8.18. The SMILES string of the molecule is COC(=O)[C@H](C)NC(=O)c1cnn(Cc2ccc(OC)c(OC)c2)c1. The molecule has 0 radical (unpaired) electrons. The Morgan fingerprint density at radius 3 is 2.56 bits per heavy atom. The van der Waals surface area contributed by atoms with Crippen molar-refractivity contribution in [1.29, 1.82) is 0 Å². The van der Waals surface area contributed by atoms with Crippen LogP contribution in [0.1, 0.15) is 22.8 Å². The molecule has 1 heterocycles. The lowest BCUT2D eigenvalue weighted by Crippen LogP contribution is -2.39. The number of carbonyl (C=O) groups is 2. The first kappa shape index (κ1) is 18.3. The number of rotatable bonds is 7. The molecule has 0 unspecified atom stereocenters. The molecule has 8 nitrogen and oxygen atoms in total. The van der Waals surface area contributed by atoms with Gasteiger partial charge in [0.15, 0.2) is 11.5 Å². The first-order valence-corrected chi connectivity index (χ1v) is 7.60. The standard InChI is InChI=1S/C17H21N3O5/c1-11(17(22)25-4)19-16(21)13-8-18-20(10-13)9-12-5-6-14(23-2)15(7-12)24-3/h5-8,10-11H,9H2,1-4H3,(H,19,21)/t11-/m0/s1. The quantitative estimate of drug-likeness (QED) is 0.758. The predicted octanol–water partition coefficient (Wildman–Crippen LogP) is 1.24. The molecule has 0 aliphatic carbocycles. The van der Waals surface area contributed by atoms with Crippen LogP contribution in [0.2, 0.25) is 0 Å². The first-order chi connectivity index (χ1) is 12.0. The highest BCUT2D eigenvalue weighted by molar-refractivity contribution is 5.96. The highest BCUT2D eigenvalue weighted by Crippen LogP contribution is 2.27. The van der Waals surface area contributed by atoms with E-state index < -0.39 is 17.9 Å². The van der Waals surface area contributed by atoms with Gasteiger partial charge >= 0.3 is 5.97 Å². The van der Waals surface area contributed by atoms with Crippen molar-refractivity contribution in [2.45, 2.75) is 19.5 Å². The summed E-state index contributed by atoms with van der Waals surface area (Å²) in [5.41, 5.74) is 1.30. The number of esters is 1. The van der Waals surface area contributed by atoms with Crippen LogP contribution >= 0.6 is 0 Å². The van der Waals surface area contributed by atoms with Crippen LogP contribution in [0, 0.1) is 0 Å². The molecule has 0 spiro atoms. The van der Waals surface area contributed by atoms with Gasteiger partial charge in [0.25, 0.3) is 5.91 Å². The van der Waals surface area contributed by atoms with Crippen LogP contribution in [0.4, 0.5) is 0 Å². The Bertz CT molecular complexity index is 756. The molecule has 2 rings (SSSR count). The largest absolute Gasteiger partial charge is 0.493 e. The van der Waals surface area contributed by atoms with Crippen molar-refractivity contribution in [3.63, 3.8) is 0 Å². The van der Waals surface area contributed by atoms with E-state index in [0.717, 1.165) is 5.56 Å². The summed E-state index contributed by atoms with van der Waals surface area (Å²) in [6.07, 6.45) is 3.05. The molecule has 1 aromatic carbocycles. The smallest absolute Gasteiger partial charge is 0.328 e. The summed E-state index contributed by atoms with van der Waals surface area (Å²) >= 11 is 0. The van der Waals surface area contributed by atoms with Gasteiger partial charge < -0.3 is 19.5 Å². The van der Waals surface area contributed by atoms with Crippen LogP contribution < -0.4 is 14.8 Å². The van der Waals surface area contributed by atoms with Crippen molar-refractivity contribution in [2.24, 2.45) is 0 Å². The summed E-state index contributed by atoms with van der Waals surface area (Å²) in [7, 11) is 4.41. The van der Waals surface area contributed by atoms with Crippen LogP contribution in [-0.2, 0) is 16.1 Å². The third-order valence-corrected chi connectivity index (χ3v) is 3.59. The Morgan fingerprint density at radius 1 is 1.20 bits per heavy atom. The monoisotopic (exact) mass is 347 g/mol. The van der Waals surface area contributed by atoms with Crippen molar-refractivity contribution >= 4 is 11.9 Å². The summed E-state index contributed by atoms with van der Waals surface area (Å²) in [6.45, 7) is 2.01. The average molecular weight is 347 g/mol. The molecule has 1 atom stereocenters. The van der Waals surface area contributed by atoms with Gasteiger partial charge in [0.05, 0.1) is 39.6 Å². The summed E-state index contributed by atoms with van der Waals surface area (Å²) in [6, 6.07) is 4.82. The number of benzene rings is 1. The zero-order valence-corrected chi connectivity index (χ0v) is 14.6. The van der Waals surface area contributed by atoms with E-state index in [2.05, 4.69) is 15.2 Å². The third-order valence-electron chi connectivity index (χ3n) is 3.59. The van der Waals surface area contributed by atoms with Gasteiger partial charge in [0, 0.05) is 6.20 Å². The molecule has 2 aromatic rings. The van der Waals surface area contributed by atoms with Gasteiger partial charge in [-0.2, -0.15) is 5.10 Å². The van der Waals surface area contributed by atoms with Crippen molar-refractivity contribution in [1.82, 2.24) is 15.1 Å². The molecule has 8 heteroatoms. The Labute approximate surface area is 145 Å². The van der Waals surface area contributed by atoms with E-state index in [1.807, 2.05) is 18.2 Å². The molecule has 0 saturated carbocycles. The number of carbonyl (C=O) groups excluding carboxylic acids is 2. The number of methoxy groups -OCH3 is 3. The molecule has 1 aromatic heterocycles. The number of nitrogens with one attached hydrogen (secondary N) is 1. The molecule has 134 valence electrons. The second-order valence-electron chi connectivity index (χ2n) is 5.33. The van der Waals surface area contributed by atoms with E-state index in [-0.39, 0.29) is 0 Å². The average Bonchev–Trinajstić information content (AvgIpc) is 3.09. The summed E-state index contributed by atoms with van der Waals surface area (Å²) in [5.74, 6) is 0.364. The number of amides is 1. The summed E-state index contributed by atoms with van der Waals surface area (Å²) in [4.78, 5) is 23.5. The van der Waals surface area contributed by atoms with E-state index in [9.17, 15) is 9.59 Å². The Hall–Kier alpha value is -3.03. The minimum absolute atomic E-state index is 0.358. The maximum atomic E-state index is 12.1. The zero-order chi connectivity index (χ0) is 18.4. The number of hydrogen-bond acceptors (Lipinski definition) is 6. The van der Waals surface area contributed by atoms with Gasteiger partial charge in [-0.25, -0.2) is 4.79 Å². The van der Waals surface area contributed by atoms with Crippen LogP contribution in [-0.4, -0.2) is 49.0 Å². The number of hydrogen-bond donors (Lipinski definition) is 1. The number of ether oxygens (including phenoxy) is 3. The first-order valence-electron chi connectivity index (χ1n) is 7.60. The van der Waals surface area contributed by atoms with Crippen LogP contribution in [0.5, 0.6) is 11.5 Å². The molecule has 0 aliphatic heterocycles. The normalized spacial score (nSPS) is 11.5. The van der Waals surface area contributed by atoms with Crippen molar-refractivity contribution in [3.8, 4) is 11.5 Å². The molecule has 1 N–H and O–H groups in total. The third kappa shape index (κ3) is 4.50. The molecule has 0 saturated heterocycles. The van der Waals surface area contributed by atoms with E-state index in [0.29, 0.717) is 23.6 Å². The maximum absolute atomic E-state index is 12.1. The number of aromatic nitrogens is 2. The predicted molar refractivity (Wildman–Crippen MR) is 89.8 cm³/mol. The lowest BCUT2D eigenvalue weighted by atomic mass is 10.2. The minimum atomic E-state index is -0.730. The van der Waals surface area contributed by atoms with Crippen molar-refractivity contribution in [2.75, 3.05) is 21.3 Å².